The number of rotatable bonds is 5. The Morgan fingerprint density at radius 3 is 2.16 bits per heavy atom. The minimum absolute atomic E-state index is 0.0516. The summed E-state index contributed by atoms with van der Waals surface area (Å²) in [5.74, 6) is -0.586. The van der Waals surface area contributed by atoms with Gasteiger partial charge in [0.1, 0.15) is 0 Å². The summed E-state index contributed by atoms with van der Waals surface area (Å²) in [7, 11) is 0. The van der Waals surface area contributed by atoms with Crippen molar-refractivity contribution in [2.24, 2.45) is 11.3 Å². The molecule has 0 radical (unpaired) electrons. The van der Waals surface area contributed by atoms with Gasteiger partial charge in [-0.1, -0.05) is 27.7 Å². The second-order valence-electron chi connectivity index (χ2n) is 5.82. The van der Waals surface area contributed by atoms with Crippen molar-refractivity contribution in [2.45, 2.75) is 34.1 Å². The number of hydrogen-bond donors (Lipinski definition) is 2. The molecule has 0 heterocycles. The Balaban J connectivity index is 2.74. The number of carboxylic acid groups (broad SMARTS) is 1. The first kappa shape index (κ1) is 15.2. The van der Waals surface area contributed by atoms with Crippen LogP contribution in [0.2, 0.25) is 0 Å². The third-order valence-corrected chi connectivity index (χ3v) is 2.92. The summed E-state index contributed by atoms with van der Waals surface area (Å²) >= 11 is 0. The van der Waals surface area contributed by atoms with Crippen molar-refractivity contribution in [3.63, 3.8) is 0 Å². The van der Waals surface area contributed by atoms with Gasteiger partial charge in [-0.2, -0.15) is 0 Å². The fourth-order valence-corrected chi connectivity index (χ4v) is 2.11. The van der Waals surface area contributed by atoms with Crippen LogP contribution in [0.5, 0.6) is 0 Å². The highest BCUT2D eigenvalue weighted by molar-refractivity contribution is 5.95. The van der Waals surface area contributed by atoms with Crippen molar-refractivity contribution in [1.82, 2.24) is 0 Å². The van der Waals surface area contributed by atoms with Gasteiger partial charge in [0.15, 0.2) is 0 Å². The largest absolute Gasteiger partial charge is 0.478 e. The van der Waals surface area contributed by atoms with Gasteiger partial charge in [0.05, 0.1) is 5.56 Å². The zero-order valence-corrected chi connectivity index (χ0v) is 11.9. The van der Waals surface area contributed by atoms with Crippen LogP contribution in [0.25, 0.3) is 0 Å². The molecule has 19 heavy (non-hydrogen) atoms. The van der Waals surface area contributed by atoms with Crippen molar-refractivity contribution in [3.05, 3.63) is 29.8 Å². The van der Waals surface area contributed by atoms with Crippen molar-refractivity contribution < 1.29 is 14.7 Å². The molecule has 104 valence electrons. The molecule has 0 aliphatic heterocycles. The molecule has 0 saturated heterocycles. The lowest BCUT2D eigenvalue weighted by atomic mass is 9.83. The summed E-state index contributed by atoms with van der Waals surface area (Å²) in [5, 5.41) is 11.6. The van der Waals surface area contributed by atoms with Crippen LogP contribution in [-0.2, 0) is 4.79 Å². The number of carbonyl (C=O) groups excluding carboxylic acids is 1. The third-order valence-electron chi connectivity index (χ3n) is 2.92. The Kier molecular flexibility index (Phi) is 4.70. The minimum atomic E-state index is -0.974. The Labute approximate surface area is 113 Å². The van der Waals surface area contributed by atoms with Gasteiger partial charge in [-0.25, -0.2) is 4.79 Å². The Bertz CT molecular complexity index is 461. The highest BCUT2D eigenvalue weighted by Gasteiger charge is 2.28. The number of amides is 1. The van der Waals surface area contributed by atoms with Crippen molar-refractivity contribution in [1.29, 1.82) is 0 Å². The van der Waals surface area contributed by atoms with Gasteiger partial charge in [0.25, 0.3) is 0 Å². The molecule has 0 bridgehead atoms. The van der Waals surface area contributed by atoms with E-state index in [1.54, 1.807) is 12.1 Å². The third kappa shape index (κ3) is 4.39. The van der Waals surface area contributed by atoms with Crippen molar-refractivity contribution in [3.8, 4) is 0 Å². The van der Waals surface area contributed by atoms with E-state index in [-0.39, 0.29) is 11.5 Å². The number of carbonyl (C=O) groups is 2. The smallest absolute Gasteiger partial charge is 0.335 e. The monoisotopic (exact) mass is 263 g/mol. The lowest BCUT2D eigenvalue weighted by Gasteiger charge is -2.25. The quantitative estimate of drug-likeness (QED) is 0.855. The summed E-state index contributed by atoms with van der Waals surface area (Å²) in [5.41, 5.74) is 0.380. The highest BCUT2D eigenvalue weighted by Crippen LogP contribution is 2.27. The van der Waals surface area contributed by atoms with E-state index in [1.165, 1.54) is 12.1 Å². The maximum atomic E-state index is 12.2. The summed E-state index contributed by atoms with van der Waals surface area (Å²) in [6, 6.07) is 6.17. The second kappa shape index (κ2) is 5.87. The molecule has 1 aromatic rings. The molecule has 0 spiro atoms. The van der Waals surface area contributed by atoms with E-state index in [9.17, 15) is 9.59 Å². The molecule has 1 aromatic carbocycles. The highest BCUT2D eigenvalue weighted by atomic mass is 16.4. The average molecular weight is 263 g/mol. The van der Waals surface area contributed by atoms with Crippen LogP contribution < -0.4 is 5.32 Å². The van der Waals surface area contributed by atoms with E-state index >= 15 is 0 Å². The van der Waals surface area contributed by atoms with E-state index < -0.39 is 11.4 Å². The van der Waals surface area contributed by atoms with Crippen LogP contribution >= 0.6 is 0 Å². The van der Waals surface area contributed by atoms with Gasteiger partial charge < -0.3 is 10.4 Å². The number of hydrogen-bond acceptors (Lipinski definition) is 2. The second-order valence-corrected chi connectivity index (χ2v) is 5.82. The first-order chi connectivity index (χ1) is 8.72. The Hall–Kier alpha value is -1.84. The van der Waals surface area contributed by atoms with Gasteiger partial charge >= 0.3 is 5.97 Å². The molecule has 2 N–H and O–H groups in total. The topological polar surface area (TPSA) is 66.4 Å². The zero-order valence-electron chi connectivity index (χ0n) is 11.9. The zero-order chi connectivity index (χ0) is 14.6. The van der Waals surface area contributed by atoms with E-state index in [0.717, 1.165) is 6.42 Å². The summed E-state index contributed by atoms with van der Waals surface area (Å²) in [6.45, 7) is 7.98. The maximum absolute atomic E-state index is 12.2. The molecule has 0 fully saturated rings. The molecule has 4 nitrogen and oxygen atoms in total. The molecule has 0 aliphatic rings. The van der Waals surface area contributed by atoms with E-state index in [0.29, 0.717) is 11.6 Å². The predicted molar refractivity (Wildman–Crippen MR) is 75.3 cm³/mol. The summed E-state index contributed by atoms with van der Waals surface area (Å²) in [6.07, 6.45) is 0.798. The summed E-state index contributed by atoms with van der Waals surface area (Å²) < 4.78 is 0. The van der Waals surface area contributed by atoms with Crippen LogP contribution in [0.4, 0.5) is 5.69 Å². The Morgan fingerprint density at radius 1 is 1.21 bits per heavy atom. The Morgan fingerprint density at radius 2 is 1.74 bits per heavy atom. The van der Waals surface area contributed by atoms with Crippen molar-refractivity contribution >= 4 is 17.6 Å². The first-order valence-corrected chi connectivity index (χ1v) is 6.37. The molecule has 4 heteroatoms. The fraction of sp³-hybridized carbons (Fsp3) is 0.467. The first-order valence-electron chi connectivity index (χ1n) is 6.37. The fourth-order valence-electron chi connectivity index (χ4n) is 2.11. The number of nitrogens with one attached hydrogen (secondary N) is 1. The lowest BCUT2D eigenvalue weighted by molar-refractivity contribution is -0.124. The van der Waals surface area contributed by atoms with Crippen LogP contribution in [0.1, 0.15) is 44.5 Å². The van der Waals surface area contributed by atoms with Gasteiger partial charge in [-0.05, 0) is 36.6 Å². The van der Waals surface area contributed by atoms with Crippen LogP contribution in [-0.4, -0.2) is 17.0 Å². The SMILES string of the molecule is CC(C)CC(C)(C)C(=O)Nc1ccc(C(=O)O)cc1. The standard InChI is InChI=1S/C15H21NO3/c1-10(2)9-15(3,4)14(19)16-12-7-5-11(6-8-12)13(17)18/h5-8,10H,9H2,1-4H3,(H,16,19)(H,17,18). The number of anilines is 1. The van der Waals surface area contributed by atoms with Crippen molar-refractivity contribution in [2.75, 3.05) is 5.32 Å². The minimum Gasteiger partial charge on any atom is -0.478 e. The lowest BCUT2D eigenvalue weighted by Crippen LogP contribution is -2.32. The molecule has 0 aromatic heterocycles. The molecule has 0 atom stereocenters. The predicted octanol–water partition coefficient (Wildman–Crippen LogP) is 3.40. The van der Waals surface area contributed by atoms with Gasteiger partial charge in [0, 0.05) is 11.1 Å². The summed E-state index contributed by atoms with van der Waals surface area (Å²) in [4.78, 5) is 22.9. The maximum Gasteiger partial charge on any atom is 0.335 e. The normalized spacial score (nSPS) is 11.4. The molecule has 1 rings (SSSR count). The van der Waals surface area contributed by atoms with Crippen LogP contribution in [0, 0.1) is 11.3 Å². The van der Waals surface area contributed by atoms with E-state index in [4.69, 9.17) is 5.11 Å². The average Bonchev–Trinajstić information content (AvgIpc) is 2.27. The molecule has 0 saturated carbocycles. The molecule has 0 unspecified atom stereocenters. The van der Waals surface area contributed by atoms with Crippen LogP contribution in [0.15, 0.2) is 24.3 Å². The van der Waals surface area contributed by atoms with Gasteiger partial charge in [-0.3, -0.25) is 4.79 Å². The van der Waals surface area contributed by atoms with Gasteiger partial charge in [-0.15, -0.1) is 0 Å². The van der Waals surface area contributed by atoms with Crippen LogP contribution in [0.3, 0.4) is 0 Å². The molecule has 0 aliphatic carbocycles. The number of benzene rings is 1. The molecular formula is C15H21NO3. The number of carboxylic acids is 1. The molecule has 1 amide bonds. The van der Waals surface area contributed by atoms with Gasteiger partial charge in [0.2, 0.25) is 5.91 Å². The molecular weight excluding hydrogens is 242 g/mol. The number of aromatic carboxylic acids is 1. The van der Waals surface area contributed by atoms with E-state index in [2.05, 4.69) is 19.2 Å². The van der Waals surface area contributed by atoms with E-state index in [1.807, 2.05) is 13.8 Å².